The number of aliphatic imine (C=N–C) groups is 1. The summed E-state index contributed by atoms with van der Waals surface area (Å²) in [4.78, 5) is 15.2. The minimum absolute atomic E-state index is 0.0957. The van der Waals surface area contributed by atoms with Crippen LogP contribution in [0.25, 0.3) is 0 Å². The zero-order valence-electron chi connectivity index (χ0n) is 9.25. The molecule has 1 rings (SSSR count). The lowest BCUT2D eigenvalue weighted by Crippen LogP contribution is -2.37. The Morgan fingerprint density at radius 3 is 2.73 bits per heavy atom. The van der Waals surface area contributed by atoms with E-state index in [9.17, 15) is 4.79 Å². The Hall–Kier alpha value is -1.26. The largest absolute Gasteiger partial charge is 0.370 e. The number of carbonyl (C=O) groups excluding carboxylic acids is 1. The second kappa shape index (κ2) is 6.27. The van der Waals surface area contributed by atoms with E-state index in [2.05, 4.69) is 15.6 Å². The third-order valence-electron chi connectivity index (χ3n) is 2.62. The molecule has 86 valence electrons. The van der Waals surface area contributed by atoms with Gasteiger partial charge in [0.2, 0.25) is 5.91 Å². The van der Waals surface area contributed by atoms with Crippen molar-refractivity contribution in [2.75, 3.05) is 13.6 Å². The fraction of sp³-hybridized carbons (Fsp3) is 0.800. The molecule has 1 fully saturated rings. The first-order chi connectivity index (χ1) is 7.22. The van der Waals surface area contributed by atoms with Crippen LogP contribution in [0.4, 0.5) is 0 Å². The molecule has 0 aromatic rings. The van der Waals surface area contributed by atoms with E-state index in [1.54, 1.807) is 7.05 Å². The van der Waals surface area contributed by atoms with Crippen LogP contribution in [0.1, 0.15) is 32.1 Å². The van der Waals surface area contributed by atoms with Gasteiger partial charge in [-0.2, -0.15) is 0 Å². The highest BCUT2D eigenvalue weighted by atomic mass is 16.1. The molecule has 1 amide bonds. The SMILES string of the molecule is CN=C(N)NCCC(=O)NC1CCCC1. The van der Waals surface area contributed by atoms with E-state index in [1.807, 2.05) is 0 Å². The van der Waals surface area contributed by atoms with E-state index in [0.717, 1.165) is 12.8 Å². The predicted molar refractivity (Wildman–Crippen MR) is 60.6 cm³/mol. The smallest absolute Gasteiger partial charge is 0.221 e. The van der Waals surface area contributed by atoms with Crippen molar-refractivity contribution in [3.63, 3.8) is 0 Å². The normalized spacial score (nSPS) is 17.8. The lowest BCUT2D eigenvalue weighted by atomic mass is 10.2. The second-order valence-electron chi connectivity index (χ2n) is 3.83. The van der Waals surface area contributed by atoms with Gasteiger partial charge in [0.25, 0.3) is 0 Å². The molecule has 0 spiro atoms. The average molecular weight is 212 g/mol. The first kappa shape index (κ1) is 11.8. The molecule has 0 unspecified atom stereocenters. The highest BCUT2D eigenvalue weighted by Gasteiger charge is 2.16. The quantitative estimate of drug-likeness (QED) is 0.452. The number of carbonyl (C=O) groups is 1. The van der Waals surface area contributed by atoms with Crippen LogP contribution in [0.5, 0.6) is 0 Å². The molecular weight excluding hydrogens is 192 g/mol. The number of hydrogen-bond donors (Lipinski definition) is 3. The third kappa shape index (κ3) is 4.67. The van der Waals surface area contributed by atoms with Gasteiger partial charge < -0.3 is 16.4 Å². The maximum Gasteiger partial charge on any atom is 0.221 e. The lowest BCUT2D eigenvalue weighted by molar-refractivity contribution is -0.121. The zero-order chi connectivity index (χ0) is 11.1. The first-order valence-corrected chi connectivity index (χ1v) is 5.48. The third-order valence-corrected chi connectivity index (χ3v) is 2.62. The molecule has 0 aromatic heterocycles. The highest BCUT2D eigenvalue weighted by molar-refractivity contribution is 5.79. The van der Waals surface area contributed by atoms with Crippen molar-refractivity contribution in [1.29, 1.82) is 0 Å². The molecule has 0 aliphatic heterocycles. The summed E-state index contributed by atoms with van der Waals surface area (Å²) in [6.45, 7) is 0.543. The van der Waals surface area contributed by atoms with Gasteiger partial charge in [-0.15, -0.1) is 0 Å². The van der Waals surface area contributed by atoms with Crippen molar-refractivity contribution in [1.82, 2.24) is 10.6 Å². The van der Waals surface area contributed by atoms with Crippen LogP contribution in [0.3, 0.4) is 0 Å². The molecule has 4 N–H and O–H groups in total. The Labute approximate surface area is 90.5 Å². The van der Waals surface area contributed by atoms with Crippen molar-refractivity contribution in [2.45, 2.75) is 38.1 Å². The summed E-state index contributed by atoms with van der Waals surface area (Å²) < 4.78 is 0. The van der Waals surface area contributed by atoms with E-state index >= 15 is 0 Å². The molecule has 0 radical (unpaired) electrons. The standard InChI is InChI=1S/C10H20N4O/c1-12-10(11)13-7-6-9(15)14-8-4-2-3-5-8/h8H,2-7H2,1H3,(H,14,15)(H3,11,12,13). The van der Waals surface area contributed by atoms with E-state index in [1.165, 1.54) is 12.8 Å². The molecule has 5 heteroatoms. The molecular formula is C10H20N4O. The summed E-state index contributed by atoms with van der Waals surface area (Å²) in [5.74, 6) is 0.474. The van der Waals surface area contributed by atoms with Gasteiger partial charge in [-0.05, 0) is 12.8 Å². The van der Waals surface area contributed by atoms with Crippen LogP contribution in [0.15, 0.2) is 4.99 Å². The van der Waals surface area contributed by atoms with E-state index < -0.39 is 0 Å². The molecule has 0 saturated heterocycles. The number of nitrogens with one attached hydrogen (secondary N) is 2. The van der Waals surface area contributed by atoms with Gasteiger partial charge in [-0.25, -0.2) is 0 Å². The van der Waals surface area contributed by atoms with E-state index in [4.69, 9.17) is 5.73 Å². The summed E-state index contributed by atoms with van der Waals surface area (Å²) in [6, 6.07) is 0.398. The molecule has 1 aliphatic rings. The van der Waals surface area contributed by atoms with Gasteiger partial charge in [0.05, 0.1) is 0 Å². The number of guanidine groups is 1. The Kier molecular flexibility index (Phi) is 4.93. The van der Waals surface area contributed by atoms with Gasteiger partial charge in [-0.1, -0.05) is 12.8 Å². The van der Waals surface area contributed by atoms with Crippen molar-refractivity contribution < 1.29 is 4.79 Å². The van der Waals surface area contributed by atoms with Crippen LogP contribution in [-0.4, -0.2) is 31.5 Å². The summed E-state index contributed by atoms with van der Waals surface area (Å²) in [6.07, 6.45) is 5.17. The fourth-order valence-corrected chi connectivity index (χ4v) is 1.75. The maximum absolute atomic E-state index is 11.4. The Bertz CT molecular complexity index is 234. The Balaban J connectivity index is 2.08. The summed E-state index contributed by atoms with van der Waals surface area (Å²) in [5, 5.41) is 5.87. The molecule has 0 heterocycles. The highest BCUT2D eigenvalue weighted by Crippen LogP contribution is 2.17. The van der Waals surface area contributed by atoms with Gasteiger partial charge >= 0.3 is 0 Å². The summed E-state index contributed by atoms with van der Waals surface area (Å²) in [5.41, 5.74) is 5.43. The molecule has 0 atom stereocenters. The van der Waals surface area contributed by atoms with Crippen LogP contribution >= 0.6 is 0 Å². The van der Waals surface area contributed by atoms with E-state index in [-0.39, 0.29) is 5.91 Å². The molecule has 0 bridgehead atoms. The van der Waals surface area contributed by atoms with Crippen LogP contribution in [0, 0.1) is 0 Å². The number of nitrogens with two attached hydrogens (primary N) is 1. The molecule has 0 aromatic carbocycles. The van der Waals surface area contributed by atoms with Crippen molar-refractivity contribution >= 4 is 11.9 Å². The monoisotopic (exact) mass is 212 g/mol. The van der Waals surface area contributed by atoms with Gasteiger partial charge in [0.15, 0.2) is 5.96 Å². The Morgan fingerprint density at radius 2 is 2.13 bits per heavy atom. The van der Waals surface area contributed by atoms with Gasteiger partial charge in [-0.3, -0.25) is 9.79 Å². The number of amides is 1. The zero-order valence-corrected chi connectivity index (χ0v) is 9.25. The van der Waals surface area contributed by atoms with Gasteiger partial charge in [0, 0.05) is 26.1 Å². The number of nitrogens with zero attached hydrogens (tertiary/aromatic N) is 1. The fourth-order valence-electron chi connectivity index (χ4n) is 1.75. The Morgan fingerprint density at radius 1 is 1.47 bits per heavy atom. The van der Waals surface area contributed by atoms with Crippen LogP contribution in [0.2, 0.25) is 0 Å². The first-order valence-electron chi connectivity index (χ1n) is 5.48. The summed E-state index contributed by atoms with van der Waals surface area (Å²) in [7, 11) is 1.61. The predicted octanol–water partition coefficient (Wildman–Crippen LogP) is -0.0306. The second-order valence-corrected chi connectivity index (χ2v) is 3.83. The molecule has 5 nitrogen and oxygen atoms in total. The van der Waals surface area contributed by atoms with Crippen molar-refractivity contribution in [2.24, 2.45) is 10.7 Å². The van der Waals surface area contributed by atoms with Crippen molar-refractivity contribution in [3.8, 4) is 0 Å². The molecule has 15 heavy (non-hydrogen) atoms. The van der Waals surface area contributed by atoms with E-state index in [0.29, 0.717) is 25.0 Å². The molecule has 1 aliphatic carbocycles. The van der Waals surface area contributed by atoms with Crippen LogP contribution in [-0.2, 0) is 4.79 Å². The van der Waals surface area contributed by atoms with Gasteiger partial charge in [0.1, 0.15) is 0 Å². The number of rotatable bonds is 4. The minimum Gasteiger partial charge on any atom is -0.370 e. The molecule has 1 saturated carbocycles. The lowest BCUT2D eigenvalue weighted by Gasteiger charge is -2.11. The summed E-state index contributed by atoms with van der Waals surface area (Å²) >= 11 is 0. The van der Waals surface area contributed by atoms with Crippen LogP contribution < -0.4 is 16.4 Å². The number of hydrogen-bond acceptors (Lipinski definition) is 2. The minimum atomic E-state index is 0.0957. The average Bonchev–Trinajstić information content (AvgIpc) is 2.70. The maximum atomic E-state index is 11.4. The van der Waals surface area contributed by atoms with Crippen molar-refractivity contribution in [3.05, 3.63) is 0 Å². The topological polar surface area (TPSA) is 79.5 Å².